The summed E-state index contributed by atoms with van der Waals surface area (Å²) in [5.74, 6) is 0. The van der Waals surface area contributed by atoms with Crippen LogP contribution < -0.4 is 0 Å². The van der Waals surface area contributed by atoms with Crippen molar-refractivity contribution in [3.05, 3.63) is 0 Å². The standard InChI is InChI=1S/C22H45O/c1-4-7-10-12-14-17-20-22(23,19-16-9-6-3)21-18-15-13-11-8-5-2/h4-21H2,1-3H3. The second kappa shape index (κ2) is 16.8. The first-order valence-electron chi connectivity index (χ1n) is 10.9. The van der Waals surface area contributed by atoms with Crippen molar-refractivity contribution in [1.29, 1.82) is 0 Å². The molecule has 23 heavy (non-hydrogen) atoms. The Balaban J connectivity index is 3.93. The number of hydrogen-bond acceptors (Lipinski definition) is 0. The SMILES string of the molecule is CCCCCCCCC([O])(CCCCC)CCCCCCCC. The highest BCUT2D eigenvalue weighted by atomic mass is 16.3. The van der Waals surface area contributed by atoms with Crippen LogP contribution in [0.5, 0.6) is 0 Å². The van der Waals surface area contributed by atoms with Gasteiger partial charge in [-0.2, -0.15) is 0 Å². The van der Waals surface area contributed by atoms with Crippen molar-refractivity contribution in [3.63, 3.8) is 0 Å². The molecule has 0 spiro atoms. The number of unbranched alkanes of at least 4 members (excludes halogenated alkanes) is 12. The molecule has 0 atom stereocenters. The molecule has 0 N–H and O–H groups in total. The van der Waals surface area contributed by atoms with Gasteiger partial charge in [0.05, 0.1) is 0 Å². The van der Waals surface area contributed by atoms with Crippen molar-refractivity contribution in [2.75, 3.05) is 0 Å². The summed E-state index contributed by atoms with van der Waals surface area (Å²) >= 11 is 0. The number of hydrogen-bond donors (Lipinski definition) is 0. The minimum absolute atomic E-state index is 0.606. The molecule has 1 heteroatoms. The van der Waals surface area contributed by atoms with Gasteiger partial charge in [-0.3, -0.25) is 0 Å². The van der Waals surface area contributed by atoms with Crippen molar-refractivity contribution in [2.45, 2.75) is 142 Å². The van der Waals surface area contributed by atoms with E-state index >= 15 is 0 Å². The lowest BCUT2D eigenvalue weighted by molar-refractivity contribution is -0.0557. The normalized spacial score (nSPS) is 12.0. The van der Waals surface area contributed by atoms with Gasteiger partial charge in [0.2, 0.25) is 0 Å². The maximum absolute atomic E-state index is 13.2. The van der Waals surface area contributed by atoms with Gasteiger partial charge in [-0.05, 0) is 19.3 Å². The molecule has 0 aliphatic rings. The first-order valence-corrected chi connectivity index (χ1v) is 10.9. The quantitative estimate of drug-likeness (QED) is 0.226. The van der Waals surface area contributed by atoms with E-state index in [0.29, 0.717) is 0 Å². The van der Waals surface area contributed by atoms with E-state index in [0.717, 1.165) is 38.5 Å². The molecule has 0 heterocycles. The monoisotopic (exact) mass is 325 g/mol. The Hall–Kier alpha value is -0.0400. The van der Waals surface area contributed by atoms with E-state index in [9.17, 15) is 5.11 Å². The van der Waals surface area contributed by atoms with Gasteiger partial charge in [-0.15, -0.1) is 0 Å². The first-order chi connectivity index (χ1) is 11.2. The molecule has 0 fully saturated rings. The van der Waals surface area contributed by atoms with Crippen molar-refractivity contribution >= 4 is 0 Å². The Bertz CT molecular complexity index is 208. The van der Waals surface area contributed by atoms with Crippen LogP contribution in [0.2, 0.25) is 0 Å². The van der Waals surface area contributed by atoms with E-state index in [2.05, 4.69) is 20.8 Å². The minimum atomic E-state index is -0.606. The van der Waals surface area contributed by atoms with Crippen LogP contribution in [-0.2, 0) is 5.11 Å². The lowest BCUT2D eigenvalue weighted by atomic mass is 9.85. The zero-order valence-corrected chi connectivity index (χ0v) is 16.6. The lowest BCUT2D eigenvalue weighted by Gasteiger charge is -2.26. The van der Waals surface area contributed by atoms with Gasteiger partial charge < -0.3 is 0 Å². The van der Waals surface area contributed by atoms with E-state index < -0.39 is 5.60 Å². The fourth-order valence-corrected chi connectivity index (χ4v) is 3.53. The summed E-state index contributed by atoms with van der Waals surface area (Å²) in [4.78, 5) is 0. The summed E-state index contributed by atoms with van der Waals surface area (Å²) < 4.78 is 0. The smallest absolute Gasteiger partial charge is 0.104 e. The van der Waals surface area contributed by atoms with Crippen LogP contribution in [-0.4, -0.2) is 5.60 Å². The molecule has 1 nitrogen and oxygen atoms in total. The average molecular weight is 326 g/mol. The topological polar surface area (TPSA) is 19.9 Å². The molecule has 0 aliphatic heterocycles. The van der Waals surface area contributed by atoms with Crippen molar-refractivity contribution in [2.24, 2.45) is 0 Å². The highest BCUT2D eigenvalue weighted by Gasteiger charge is 2.27. The predicted octanol–water partition coefficient (Wildman–Crippen LogP) is 8.24. The highest BCUT2D eigenvalue weighted by Crippen LogP contribution is 2.29. The summed E-state index contributed by atoms with van der Waals surface area (Å²) in [6.07, 6.45) is 22.0. The molecule has 0 aromatic rings. The third-order valence-corrected chi connectivity index (χ3v) is 5.21. The second-order valence-electron chi connectivity index (χ2n) is 7.68. The fourth-order valence-electron chi connectivity index (χ4n) is 3.53. The maximum Gasteiger partial charge on any atom is 0.104 e. The average Bonchev–Trinajstić information content (AvgIpc) is 2.54. The van der Waals surface area contributed by atoms with Crippen LogP contribution in [0.25, 0.3) is 0 Å². The fraction of sp³-hybridized carbons (Fsp3) is 1.00. The van der Waals surface area contributed by atoms with Gasteiger partial charge >= 0.3 is 0 Å². The van der Waals surface area contributed by atoms with E-state index in [1.54, 1.807) is 0 Å². The van der Waals surface area contributed by atoms with E-state index in [4.69, 9.17) is 0 Å². The summed E-state index contributed by atoms with van der Waals surface area (Å²) in [7, 11) is 0. The van der Waals surface area contributed by atoms with Crippen LogP contribution in [0, 0.1) is 0 Å². The molecule has 0 bridgehead atoms. The van der Waals surface area contributed by atoms with Crippen LogP contribution in [0.3, 0.4) is 0 Å². The van der Waals surface area contributed by atoms with Gasteiger partial charge in [0, 0.05) is 0 Å². The summed E-state index contributed by atoms with van der Waals surface area (Å²) in [5.41, 5.74) is -0.606. The minimum Gasteiger partial charge on any atom is -0.229 e. The van der Waals surface area contributed by atoms with Crippen LogP contribution >= 0.6 is 0 Å². The van der Waals surface area contributed by atoms with E-state index in [1.807, 2.05) is 0 Å². The summed E-state index contributed by atoms with van der Waals surface area (Å²) in [6, 6.07) is 0. The summed E-state index contributed by atoms with van der Waals surface area (Å²) in [5, 5.41) is 13.2. The molecule has 1 radical (unpaired) electrons. The van der Waals surface area contributed by atoms with Crippen molar-refractivity contribution < 1.29 is 5.11 Å². The molecule has 0 saturated carbocycles. The zero-order valence-electron chi connectivity index (χ0n) is 16.6. The second-order valence-corrected chi connectivity index (χ2v) is 7.68. The van der Waals surface area contributed by atoms with Crippen LogP contribution in [0.1, 0.15) is 136 Å². The molecular weight excluding hydrogens is 280 g/mol. The van der Waals surface area contributed by atoms with Gasteiger partial charge in [-0.25, -0.2) is 5.11 Å². The summed E-state index contributed by atoms with van der Waals surface area (Å²) in [6.45, 7) is 6.75. The van der Waals surface area contributed by atoms with E-state index in [1.165, 1.54) is 77.0 Å². The maximum atomic E-state index is 13.2. The van der Waals surface area contributed by atoms with Crippen molar-refractivity contribution in [1.82, 2.24) is 0 Å². The molecule has 139 valence electrons. The predicted molar refractivity (Wildman–Crippen MR) is 104 cm³/mol. The Morgan fingerprint density at radius 2 is 0.696 bits per heavy atom. The third kappa shape index (κ3) is 15.2. The molecule has 0 rings (SSSR count). The molecule has 0 amide bonds. The lowest BCUT2D eigenvalue weighted by Crippen LogP contribution is -2.27. The Morgan fingerprint density at radius 1 is 0.435 bits per heavy atom. The van der Waals surface area contributed by atoms with Gasteiger partial charge in [-0.1, -0.05) is 117 Å². The Kier molecular flexibility index (Phi) is 16.8. The first kappa shape index (κ1) is 23.0. The van der Waals surface area contributed by atoms with Crippen molar-refractivity contribution in [3.8, 4) is 0 Å². The Labute approximate surface area is 147 Å². The molecule has 0 saturated heterocycles. The largest absolute Gasteiger partial charge is 0.229 e. The highest BCUT2D eigenvalue weighted by molar-refractivity contribution is 4.78. The van der Waals surface area contributed by atoms with E-state index in [-0.39, 0.29) is 0 Å². The van der Waals surface area contributed by atoms with Crippen LogP contribution in [0.4, 0.5) is 0 Å². The zero-order chi connectivity index (χ0) is 17.2. The molecule has 0 aromatic carbocycles. The molecule has 0 aromatic heterocycles. The number of rotatable bonds is 18. The van der Waals surface area contributed by atoms with Gasteiger partial charge in [0.1, 0.15) is 5.60 Å². The third-order valence-electron chi connectivity index (χ3n) is 5.21. The molecule has 0 aliphatic carbocycles. The molecular formula is C22H45O. The molecule has 0 unspecified atom stereocenters. The van der Waals surface area contributed by atoms with Gasteiger partial charge in [0.15, 0.2) is 0 Å². The Morgan fingerprint density at radius 3 is 1.09 bits per heavy atom. The van der Waals surface area contributed by atoms with Crippen LogP contribution in [0.15, 0.2) is 0 Å². The van der Waals surface area contributed by atoms with Gasteiger partial charge in [0.25, 0.3) is 0 Å².